The van der Waals surface area contributed by atoms with E-state index < -0.39 is 99.4 Å². The Morgan fingerprint density at radius 1 is 1.00 bits per heavy atom. The van der Waals surface area contributed by atoms with Crippen molar-refractivity contribution in [3.8, 4) is 0 Å². The number of carbonyl (C=O) groups excluding carboxylic acids is 1. The molecule has 2 aromatic rings. The Morgan fingerprint density at radius 2 is 1.71 bits per heavy atom. The Balaban J connectivity index is 1.11. The summed E-state index contributed by atoms with van der Waals surface area (Å²) >= 11 is 0. The number of nitro benzene ring substituents is 1. The Morgan fingerprint density at radius 3 is 2.36 bits per heavy atom. The Bertz CT molecular complexity index is 2400. The largest absolute Gasteiger partial charge is 0.459 e. The minimum atomic E-state index is -1.47. The minimum absolute atomic E-state index is 0.0469. The van der Waals surface area contributed by atoms with E-state index in [1.807, 2.05) is 40.9 Å². The lowest BCUT2D eigenvalue weighted by Crippen LogP contribution is -2.59. The van der Waals surface area contributed by atoms with Crippen molar-refractivity contribution in [2.75, 3.05) is 20.7 Å². The van der Waals surface area contributed by atoms with Crippen LogP contribution in [0.25, 0.3) is 0 Å². The van der Waals surface area contributed by atoms with Crippen molar-refractivity contribution < 1.29 is 58.7 Å². The number of rotatable bonds is 14. The number of ether oxygens (including phenoxy) is 6. The molecule has 19 nitrogen and oxygen atoms in total. The average Bonchev–Trinajstić information content (AvgIpc) is 4.16. The highest BCUT2D eigenvalue weighted by atomic mass is 16.7. The van der Waals surface area contributed by atoms with Crippen molar-refractivity contribution in [1.82, 2.24) is 19.9 Å². The van der Waals surface area contributed by atoms with Gasteiger partial charge in [-0.25, -0.2) is 0 Å². The van der Waals surface area contributed by atoms with Crippen LogP contribution in [0.15, 0.2) is 47.8 Å². The molecule has 418 valence electrons. The van der Waals surface area contributed by atoms with Gasteiger partial charge in [-0.3, -0.25) is 19.6 Å². The van der Waals surface area contributed by atoms with E-state index in [1.54, 1.807) is 44.7 Å². The standard InChI is InChI=1S/C56H86N6O13/c1-14-43-54(11,66)56-25-31(2)24-55(26-32(3)45(58-67)34(5)41(56)27-56)30-52(55,9)49(35(6)47(36(7)50(65)73-43)74-44-28-53(10,70-13)48(64)37(8)72-44)75-51-46(63)42(23-33(4)71-51)60(12)21-20-39-29-61(59-57-39)22-19-38-15-17-40(18-16-38)62(68)69/h15-18,29,32-37,41-44,46-49,51,63-64,66-67H,2,14,19-28,30H2,1,3-13H3/b58-45+/t32-,33-,34-,35+,36-,37+,41-,42+,43-,44?,46?,47+,48+,49-,51+,52+,53-,54-,55?,56?/m1/s1. The van der Waals surface area contributed by atoms with Crippen molar-refractivity contribution in [1.29, 1.82) is 0 Å². The number of benzene rings is 1. The topological polar surface area (TPSA) is 243 Å². The van der Waals surface area contributed by atoms with E-state index in [9.17, 15) is 35.4 Å². The molecule has 3 saturated heterocycles. The molecule has 6 fully saturated rings. The molecule has 75 heavy (non-hydrogen) atoms. The number of cyclic esters (lactones) is 1. The molecule has 8 rings (SSSR count). The second kappa shape index (κ2) is 21.7. The number of methoxy groups -OCH3 is 1. The van der Waals surface area contributed by atoms with Crippen LogP contribution in [0.3, 0.4) is 0 Å². The first-order valence-corrected chi connectivity index (χ1v) is 27.4. The molecule has 2 spiro atoms. The maximum absolute atomic E-state index is 15.0. The maximum atomic E-state index is 15.0. The number of aliphatic hydroxyl groups is 3. The number of fused-ring (bicyclic) bond motifs is 2. The molecule has 19 heteroatoms. The average molecular weight is 1050 g/mol. The number of nitro groups is 1. The van der Waals surface area contributed by atoms with Gasteiger partial charge in [0.05, 0.1) is 52.3 Å². The van der Waals surface area contributed by atoms with Crippen LogP contribution in [0.1, 0.15) is 132 Å². The summed E-state index contributed by atoms with van der Waals surface area (Å²) in [5.41, 5.74) is -0.840. The van der Waals surface area contributed by atoms with Crippen LogP contribution in [0.2, 0.25) is 0 Å². The van der Waals surface area contributed by atoms with Crippen molar-refractivity contribution >= 4 is 17.4 Å². The molecule has 20 atom stereocenters. The zero-order valence-electron chi connectivity index (χ0n) is 46.4. The molecule has 1 aromatic heterocycles. The number of aromatic nitrogens is 3. The fourth-order valence-corrected chi connectivity index (χ4v) is 14.7. The quantitative estimate of drug-likeness (QED) is 0.0487. The molecule has 6 aliphatic rings. The first-order valence-electron chi connectivity index (χ1n) is 27.4. The van der Waals surface area contributed by atoms with Gasteiger partial charge in [-0.2, -0.15) is 0 Å². The number of nitrogens with zero attached hydrogens (tertiary/aromatic N) is 6. The number of allylic oxidation sites excluding steroid dienone is 1. The normalized spacial score (nSPS) is 43.9. The van der Waals surface area contributed by atoms with Gasteiger partial charge in [0.15, 0.2) is 12.6 Å². The van der Waals surface area contributed by atoms with Crippen LogP contribution in [0.5, 0.6) is 0 Å². The van der Waals surface area contributed by atoms with Gasteiger partial charge < -0.3 is 53.8 Å². The van der Waals surface area contributed by atoms with Gasteiger partial charge in [0.25, 0.3) is 5.69 Å². The number of hydrogen-bond donors (Lipinski definition) is 4. The molecule has 0 amide bonds. The summed E-state index contributed by atoms with van der Waals surface area (Å²) in [5, 5.41) is 71.4. The van der Waals surface area contributed by atoms with Crippen molar-refractivity contribution in [3.05, 3.63) is 64.0 Å². The van der Waals surface area contributed by atoms with E-state index in [1.165, 1.54) is 12.1 Å². The number of hydrogen-bond acceptors (Lipinski definition) is 17. The van der Waals surface area contributed by atoms with Gasteiger partial charge in [-0.15, -0.1) is 5.10 Å². The fourth-order valence-electron chi connectivity index (χ4n) is 14.7. The second-order valence-corrected chi connectivity index (χ2v) is 24.6. The van der Waals surface area contributed by atoms with Crippen molar-refractivity contribution in [3.63, 3.8) is 0 Å². The molecule has 4 unspecified atom stereocenters. The molecule has 3 aliphatic carbocycles. The van der Waals surface area contributed by atoms with E-state index in [0.717, 1.165) is 16.8 Å². The second-order valence-electron chi connectivity index (χ2n) is 24.6. The summed E-state index contributed by atoms with van der Waals surface area (Å²) in [6.07, 6.45) is -0.307. The highest BCUT2D eigenvalue weighted by Gasteiger charge is 2.73. The molecule has 0 radical (unpaired) electrons. The summed E-state index contributed by atoms with van der Waals surface area (Å²) in [6.45, 7) is 25.3. The number of esters is 1. The third-order valence-electron chi connectivity index (χ3n) is 19.5. The third-order valence-corrected chi connectivity index (χ3v) is 19.5. The lowest BCUT2D eigenvalue weighted by Gasteiger charge is -2.49. The smallest absolute Gasteiger partial charge is 0.311 e. The Hall–Kier alpha value is -3.92. The van der Waals surface area contributed by atoms with Gasteiger partial charge in [-0.05, 0) is 116 Å². The SMILES string of the molecule is C=C1CC23C[C@@H](C)/C(=N\O)[C@H](C)[C@H]4CC4(C1)[C@](C)(O)[C@@H](CC)OC(=O)[C@H](C)[C@@H](OC1C[C@@](C)(OC)[C@@H](O)[C@H](C)O1)[C@H](C)[C@@H](O[C@@H]1O[C@H](C)C[C@H](N(C)CCc4cn(CCc5ccc([N+](=O)[O-])cc5)nn4)C1O)[C@]2(C)C3. The predicted octanol–water partition coefficient (Wildman–Crippen LogP) is 7.04. The van der Waals surface area contributed by atoms with E-state index in [-0.39, 0.29) is 42.0 Å². The summed E-state index contributed by atoms with van der Waals surface area (Å²) < 4.78 is 41.7. The first-order chi connectivity index (χ1) is 35.3. The molecular weight excluding hydrogens is 965 g/mol. The maximum Gasteiger partial charge on any atom is 0.311 e. The highest BCUT2D eigenvalue weighted by molar-refractivity contribution is 5.89. The number of aliphatic hydroxyl groups excluding tert-OH is 2. The van der Waals surface area contributed by atoms with Gasteiger partial charge in [0.1, 0.15) is 23.9 Å². The molecule has 1 aromatic carbocycles. The van der Waals surface area contributed by atoms with Crippen LogP contribution in [0.4, 0.5) is 5.69 Å². The van der Waals surface area contributed by atoms with Gasteiger partial charge >= 0.3 is 5.97 Å². The Kier molecular flexibility index (Phi) is 16.6. The summed E-state index contributed by atoms with van der Waals surface area (Å²) in [5.74, 6) is -2.43. The molecule has 4 heterocycles. The van der Waals surface area contributed by atoms with E-state index in [4.69, 9.17) is 35.0 Å². The van der Waals surface area contributed by atoms with Crippen LogP contribution in [-0.2, 0) is 52.6 Å². The van der Waals surface area contributed by atoms with Crippen LogP contribution in [-0.4, -0.2) is 150 Å². The molecule has 4 N–H and O–H groups in total. The minimum Gasteiger partial charge on any atom is -0.459 e. The van der Waals surface area contributed by atoms with Crippen molar-refractivity contribution in [2.45, 2.75) is 213 Å². The molecule has 3 saturated carbocycles. The number of likely N-dealkylation sites (N-methyl/N-ethyl adjacent to an activating group) is 1. The molecule has 3 aliphatic heterocycles. The number of aryl methyl sites for hydroxylation is 2. The lowest BCUT2D eigenvalue weighted by molar-refractivity contribution is -0.384. The van der Waals surface area contributed by atoms with E-state index in [2.05, 4.69) is 41.1 Å². The van der Waals surface area contributed by atoms with Gasteiger partial charge in [0, 0.05) is 80.1 Å². The zero-order valence-corrected chi connectivity index (χ0v) is 46.4. The van der Waals surface area contributed by atoms with Gasteiger partial charge in [0.2, 0.25) is 0 Å². The summed E-state index contributed by atoms with van der Waals surface area (Å²) in [7, 11) is 3.52. The lowest BCUT2D eigenvalue weighted by atomic mass is 9.67. The Labute approximate surface area is 442 Å². The predicted molar refractivity (Wildman–Crippen MR) is 277 cm³/mol. The van der Waals surface area contributed by atoms with E-state index in [0.29, 0.717) is 76.6 Å². The monoisotopic (exact) mass is 1050 g/mol. The molecule has 2 bridgehead atoms. The number of carbonyl (C=O) groups is 1. The number of oxime groups is 1. The number of non-ortho nitro benzene ring substituents is 1. The van der Waals surface area contributed by atoms with Gasteiger partial charge in [-0.1, -0.05) is 69.3 Å². The van der Waals surface area contributed by atoms with Crippen LogP contribution >= 0.6 is 0 Å². The van der Waals surface area contributed by atoms with Crippen LogP contribution in [0, 0.1) is 55.9 Å². The van der Waals surface area contributed by atoms with E-state index >= 15 is 0 Å². The fraction of sp³-hybridized carbons (Fsp3) is 0.786. The van der Waals surface area contributed by atoms with Crippen molar-refractivity contribution in [2.24, 2.45) is 51.0 Å². The van der Waals surface area contributed by atoms with Crippen LogP contribution < -0.4 is 0 Å². The summed E-state index contributed by atoms with van der Waals surface area (Å²) in [4.78, 5) is 27.8. The third kappa shape index (κ3) is 10.8. The zero-order chi connectivity index (χ0) is 54.7. The molecular formula is C56H86N6O13. The highest BCUT2D eigenvalue weighted by Crippen LogP contribution is 2.76. The summed E-state index contributed by atoms with van der Waals surface area (Å²) in [6, 6.07) is 6.13. The first kappa shape index (κ1) is 57.3.